The number of nitrogens with one attached hydrogen (secondary N) is 1. The molecule has 1 heterocycles. The molecule has 1 N–H and O–H groups in total. The van der Waals surface area contributed by atoms with Crippen molar-refractivity contribution in [3.63, 3.8) is 0 Å². The Morgan fingerprint density at radius 2 is 1.95 bits per heavy atom. The molecule has 0 aliphatic rings. The third-order valence-corrected chi connectivity index (χ3v) is 3.54. The summed E-state index contributed by atoms with van der Waals surface area (Å²) in [4.78, 5) is 0. The van der Waals surface area contributed by atoms with E-state index in [1.807, 2.05) is 17.9 Å². The van der Waals surface area contributed by atoms with Gasteiger partial charge in [0.25, 0.3) is 0 Å². The second-order valence-electron chi connectivity index (χ2n) is 5.09. The van der Waals surface area contributed by atoms with Gasteiger partial charge in [-0.1, -0.05) is 42.5 Å². The number of nitrogens with zero attached hydrogens (tertiary/aromatic N) is 2. The predicted molar refractivity (Wildman–Crippen MR) is 82.6 cm³/mol. The van der Waals surface area contributed by atoms with Crippen LogP contribution in [0.25, 0.3) is 10.8 Å². The van der Waals surface area contributed by atoms with Crippen LogP contribution >= 0.6 is 0 Å². The van der Waals surface area contributed by atoms with Crippen LogP contribution in [-0.4, -0.2) is 16.3 Å². The van der Waals surface area contributed by atoms with E-state index in [1.165, 1.54) is 21.9 Å². The molecule has 3 aromatic rings. The van der Waals surface area contributed by atoms with E-state index in [2.05, 4.69) is 59.1 Å². The van der Waals surface area contributed by atoms with Gasteiger partial charge in [0.05, 0.1) is 6.20 Å². The van der Waals surface area contributed by atoms with Gasteiger partial charge in [0, 0.05) is 19.8 Å². The van der Waals surface area contributed by atoms with E-state index >= 15 is 0 Å². The first kappa shape index (κ1) is 12.9. The zero-order valence-electron chi connectivity index (χ0n) is 11.7. The van der Waals surface area contributed by atoms with Crippen molar-refractivity contribution in [2.45, 2.75) is 13.0 Å². The molecule has 0 aliphatic carbocycles. The Kier molecular flexibility index (Phi) is 3.79. The minimum absolute atomic E-state index is 0.904. The largest absolute Gasteiger partial charge is 0.312 e. The molecule has 0 unspecified atom stereocenters. The van der Waals surface area contributed by atoms with Crippen molar-refractivity contribution >= 4 is 10.8 Å². The molecule has 3 nitrogen and oxygen atoms in total. The van der Waals surface area contributed by atoms with Gasteiger partial charge >= 0.3 is 0 Å². The molecule has 0 bridgehead atoms. The van der Waals surface area contributed by atoms with E-state index in [0.717, 1.165) is 19.5 Å². The van der Waals surface area contributed by atoms with E-state index in [9.17, 15) is 0 Å². The van der Waals surface area contributed by atoms with Gasteiger partial charge in [0.1, 0.15) is 0 Å². The van der Waals surface area contributed by atoms with E-state index in [4.69, 9.17) is 0 Å². The van der Waals surface area contributed by atoms with Gasteiger partial charge in [-0.2, -0.15) is 5.10 Å². The van der Waals surface area contributed by atoms with Crippen molar-refractivity contribution in [2.24, 2.45) is 7.05 Å². The summed E-state index contributed by atoms with van der Waals surface area (Å²) in [6.45, 7) is 1.87. The molecule has 0 saturated carbocycles. The number of fused-ring (bicyclic) bond motifs is 1. The van der Waals surface area contributed by atoms with Crippen LogP contribution in [0, 0.1) is 0 Å². The molecule has 0 saturated heterocycles. The normalized spacial score (nSPS) is 11.1. The van der Waals surface area contributed by atoms with E-state index < -0.39 is 0 Å². The Balaban J connectivity index is 1.60. The molecule has 3 rings (SSSR count). The molecule has 3 heteroatoms. The number of rotatable bonds is 5. The minimum atomic E-state index is 0.904. The fourth-order valence-electron chi connectivity index (χ4n) is 2.50. The number of aromatic nitrogens is 2. The average Bonchev–Trinajstić information content (AvgIpc) is 2.89. The van der Waals surface area contributed by atoms with Gasteiger partial charge in [-0.05, 0) is 34.9 Å². The lowest BCUT2D eigenvalue weighted by Crippen LogP contribution is -2.16. The molecule has 0 radical (unpaired) electrons. The molecule has 0 atom stereocenters. The molecule has 2 aromatic carbocycles. The predicted octanol–water partition coefficient (Wildman–Crippen LogP) is 2.91. The number of hydrogen-bond acceptors (Lipinski definition) is 2. The SMILES string of the molecule is Cn1cc(CCNCc2cccc3ccccc23)cn1. The Hall–Kier alpha value is -2.13. The maximum absolute atomic E-state index is 4.18. The molecular weight excluding hydrogens is 246 g/mol. The van der Waals surface area contributed by atoms with Crippen molar-refractivity contribution < 1.29 is 0 Å². The highest BCUT2D eigenvalue weighted by molar-refractivity contribution is 5.85. The van der Waals surface area contributed by atoms with Crippen molar-refractivity contribution in [3.05, 3.63) is 66.0 Å². The van der Waals surface area contributed by atoms with Crippen LogP contribution in [-0.2, 0) is 20.0 Å². The number of hydrogen-bond donors (Lipinski definition) is 1. The van der Waals surface area contributed by atoms with Crippen LogP contribution in [0.2, 0.25) is 0 Å². The first-order valence-corrected chi connectivity index (χ1v) is 6.98. The van der Waals surface area contributed by atoms with Crippen LogP contribution in [0.15, 0.2) is 54.9 Å². The van der Waals surface area contributed by atoms with Crippen molar-refractivity contribution in [1.82, 2.24) is 15.1 Å². The fourth-order valence-corrected chi connectivity index (χ4v) is 2.50. The summed E-state index contributed by atoms with van der Waals surface area (Å²) in [6, 6.07) is 15.0. The van der Waals surface area contributed by atoms with Crippen molar-refractivity contribution in [2.75, 3.05) is 6.54 Å². The van der Waals surface area contributed by atoms with Gasteiger partial charge in [-0.15, -0.1) is 0 Å². The number of benzene rings is 2. The topological polar surface area (TPSA) is 29.9 Å². The van der Waals surface area contributed by atoms with Gasteiger partial charge in [-0.25, -0.2) is 0 Å². The molecule has 0 aliphatic heterocycles. The molecule has 1 aromatic heterocycles. The Bertz CT molecular complexity index is 695. The summed E-state index contributed by atoms with van der Waals surface area (Å²) in [5.74, 6) is 0. The minimum Gasteiger partial charge on any atom is -0.312 e. The summed E-state index contributed by atoms with van der Waals surface area (Å²) in [5.41, 5.74) is 2.63. The molecule has 0 amide bonds. The van der Waals surface area contributed by atoms with Crippen molar-refractivity contribution in [3.8, 4) is 0 Å². The van der Waals surface area contributed by atoms with Gasteiger partial charge in [-0.3, -0.25) is 4.68 Å². The second kappa shape index (κ2) is 5.88. The number of aryl methyl sites for hydroxylation is 1. The van der Waals surface area contributed by atoms with E-state index in [0.29, 0.717) is 0 Å². The van der Waals surface area contributed by atoms with Crippen molar-refractivity contribution in [1.29, 1.82) is 0 Å². The summed E-state index contributed by atoms with van der Waals surface area (Å²) >= 11 is 0. The monoisotopic (exact) mass is 265 g/mol. The lowest BCUT2D eigenvalue weighted by atomic mass is 10.0. The molecule has 0 spiro atoms. The summed E-state index contributed by atoms with van der Waals surface area (Å²) in [5, 5.41) is 10.3. The molecule has 20 heavy (non-hydrogen) atoms. The summed E-state index contributed by atoms with van der Waals surface area (Å²) < 4.78 is 1.85. The van der Waals surface area contributed by atoms with Crippen LogP contribution < -0.4 is 5.32 Å². The summed E-state index contributed by atoms with van der Waals surface area (Å²) in [6.07, 6.45) is 5.01. The average molecular weight is 265 g/mol. The third kappa shape index (κ3) is 2.89. The molecule has 0 fully saturated rings. The highest BCUT2D eigenvalue weighted by Crippen LogP contribution is 2.18. The van der Waals surface area contributed by atoms with Crippen LogP contribution in [0.5, 0.6) is 0 Å². The summed E-state index contributed by atoms with van der Waals surface area (Å²) in [7, 11) is 1.95. The second-order valence-corrected chi connectivity index (χ2v) is 5.09. The first-order chi connectivity index (χ1) is 9.83. The Morgan fingerprint density at radius 1 is 1.10 bits per heavy atom. The third-order valence-electron chi connectivity index (χ3n) is 3.54. The van der Waals surface area contributed by atoms with Crippen LogP contribution in [0.1, 0.15) is 11.1 Å². The van der Waals surface area contributed by atoms with Gasteiger partial charge in [0.2, 0.25) is 0 Å². The van der Waals surface area contributed by atoms with Gasteiger partial charge < -0.3 is 5.32 Å². The lowest BCUT2D eigenvalue weighted by molar-refractivity contribution is 0.689. The van der Waals surface area contributed by atoms with Crippen LogP contribution in [0.4, 0.5) is 0 Å². The first-order valence-electron chi connectivity index (χ1n) is 6.98. The lowest BCUT2D eigenvalue weighted by Gasteiger charge is -2.07. The molecular formula is C17H19N3. The van der Waals surface area contributed by atoms with E-state index in [1.54, 1.807) is 0 Å². The van der Waals surface area contributed by atoms with Crippen LogP contribution in [0.3, 0.4) is 0 Å². The maximum atomic E-state index is 4.18. The quantitative estimate of drug-likeness (QED) is 0.719. The zero-order valence-corrected chi connectivity index (χ0v) is 11.7. The smallest absolute Gasteiger partial charge is 0.0522 e. The Labute approximate surface area is 119 Å². The fraction of sp³-hybridized carbons (Fsp3) is 0.235. The molecule has 102 valence electrons. The Morgan fingerprint density at radius 3 is 2.80 bits per heavy atom. The standard InChI is InChI=1S/C17H19N3/c1-20-13-14(11-19-20)9-10-18-12-16-7-4-6-15-5-2-3-8-17(15)16/h2-8,11,13,18H,9-10,12H2,1H3. The highest BCUT2D eigenvalue weighted by Gasteiger charge is 2.00. The van der Waals surface area contributed by atoms with E-state index in [-0.39, 0.29) is 0 Å². The highest BCUT2D eigenvalue weighted by atomic mass is 15.2. The maximum Gasteiger partial charge on any atom is 0.0522 e. The van der Waals surface area contributed by atoms with Gasteiger partial charge in [0.15, 0.2) is 0 Å². The zero-order chi connectivity index (χ0) is 13.8.